The van der Waals surface area contributed by atoms with Gasteiger partial charge in [-0.3, -0.25) is 4.99 Å². The van der Waals surface area contributed by atoms with Crippen LogP contribution in [0.5, 0.6) is 0 Å². The van der Waals surface area contributed by atoms with Crippen LogP contribution in [0.15, 0.2) is 29.3 Å². The lowest BCUT2D eigenvalue weighted by atomic mass is 10.0. The molecule has 26 heavy (non-hydrogen) atoms. The summed E-state index contributed by atoms with van der Waals surface area (Å²) in [5.41, 5.74) is 2.63. The maximum absolute atomic E-state index is 5.74. The van der Waals surface area contributed by atoms with Crippen LogP contribution >= 0.6 is 0 Å². The molecule has 0 aromatic heterocycles. The first-order chi connectivity index (χ1) is 12.7. The Kier molecular flexibility index (Phi) is 9.50. The van der Waals surface area contributed by atoms with Crippen molar-refractivity contribution < 1.29 is 9.47 Å². The molecule has 1 aliphatic heterocycles. The Morgan fingerprint density at radius 1 is 1.31 bits per heavy atom. The zero-order chi connectivity index (χ0) is 18.6. The number of aliphatic imine (C=N–C) groups is 1. The van der Waals surface area contributed by atoms with Crippen LogP contribution in [0.4, 0.5) is 0 Å². The van der Waals surface area contributed by atoms with Gasteiger partial charge >= 0.3 is 0 Å². The smallest absolute Gasteiger partial charge is 0.191 e. The van der Waals surface area contributed by atoms with E-state index >= 15 is 0 Å². The van der Waals surface area contributed by atoms with E-state index in [-0.39, 0.29) is 0 Å². The van der Waals surface area contributed by atoms with Crippen molar-refractivity contribution in [3.8, 4) is 0 Å². The molecule has 1 aromatic carbocycles. The van der Waals surface area contributed by atoms with Gasteiger partial charge in [0.25, 0.3) is 0 Å². The standard InChI is InChI=1S/C21H35N3O2/c1-4-22-21(23-11-5-12-25-15-19-10-13-26-16-19)24-14-18(3)20-8-6-17(2)7-9-20/h6-9,18-19H,4-5,10-16H2,1-3H3,(H2,22,23,24). The van der Waals surface area contributed by atoms with Gasteiger partial charge in [0.05, 0.1) is 13.2 Å². The predicted octanol–water partition coefficient (Wildman–Crippen LogP) is 3.10. The summed E-state index contributed by atoms with van der Waals surface area (Å²) in [6, 6.07) is 8.72. The SMILES string of the molecule is CCNC(=NCC(C)c1ccc(C)cc1)NCCCOCC1CCOC1. The van der Waals surface area contributed by atoms with Crippen molar-refractivity contribution >= 4 is 5.96 Å². The maximum atomic E-state index is 5.74. The first-order valence-electron chi connectivity index (χ1n) is 9.93. The Morgan fingerprint density at radius 3 is 2.81 bits per heavy atom. The summed E-state index contributed by atoms with van der Waals surface area (Å²) in [5.74, 6) is 1.88. The second-order valence-electron chi connectivity index (χ2n) is 7.12. The molecule has 1 fully saturated rings. The molecule has 146 valence electrons. The molecule has 2 N–H and O–H groups in total. The van der Waals surface area contributed by atoms with Crippen LogP contribution in [0, 0.1) is 12.8 Å². The Hall–Kier alpha value is -1.59. The van der Waals surface area contributed by atoms with Gasteiger partial charge in [-0.05, 0) is 32.3 Å². The van der Waals surface area contributed by atoms with Crippen molar-refractivity contribution in [1.29, 1.82) is 0 Å². The molecule has 0 aliphatic carbocycles. The minimum Gasteiger partial charge on any atom is -0.381 e. The van der Waals surface area contributed by atoms with Crippen LogP contribution in [0.2, 0.25) is 0 Å². The number of nitrogens with zero attached hydrogens (tertiary/aromatic N) is 1. The number of nitrogens with one attached hydrogen (secondary N) is 2. The average molecular weight is 362 g/mol. The topological polar surface area (TPSA) is 54.9 Å². The third-order valence-corrected chi connectivity index (χ3v) is 4.65. The summed E-state index contributed by atoms with van der Waals surface area (Å²) in [4.78, 5) is 4.73. The fourth-order valence-electron chi connectivity index (χ4n) is 2.92. The Bertz CT molecular complexity index is 525. The van der Waals surface area contributed by atoms with Gasteiger partial charge in [0.2, 0.25) is 0 Å². The third kappa shape index (κ3) is 7.75. The molecular formula is C21H35N3O2. The van der Waals surface area contributed by atoms with Crippen LogP contribution < -0.4 is 10.6 Å². The molecule has 0 radical (unpaired) electrons. The van der Waals surface area contributed by atoms with Crippen LogP contribution in [0.3, 0.4) is 0 Å². The van der Waals surface area contributed by atoms with E-state index in [0.717, 1.165) is 64.9 Å². The highest BCUT2D eigenvalue weighted by Gasteiger charge is 2.15. The van der Waals surface area contributed by atoms with Crippen molar-refractivity contribution in [3.05, 3.63) is 35.4 Å². The van der Waals surface area contributed by atoms with Gasteiger partial charge in [-0.15, -0.1) is 0 Å². The van der Waals surface area contributed by atoms with Gasteiger partial charge in [0.15, 0.2) is 5.96 Å². The van der Waals surface area contributed by atoms with Crippen LogP contribution in [-0.4, -0.2) is 52.0 Å². The van der Waals surface area contributed by atoms with E-state index in [0.29, 0.717) is 11.8 Å². The van der Waals surface area contributed by atoms with Crippen molar-refractivity contribution in [2.75, 3.05) is 46.1 Å². The molecule has 2 atom stereocenters. The van der Waals surface area contributed by atoms with Gasteiger partial charge < -0.3 is 20.1 Å². The van der Waals surface area contributed by atoms with Gasteiger partial charge in [-0.1, -0.05) is 36.8 Å². The molecule has 1 aromatic rings. The fourth-order valence-corrected chi connectivity index (χ4v) is 2.92. The van der Waals surface area contributed by atoms with Gasteiger partial charge in [0, 0.05) is 44.7 Å². The van der Waals surface area contributed by atoms with Gasteiger partial charge in [0.1, 0.15) is 0 Å². The molecule has 2 unspecified atom stereocenters. The van der Waals surface area contributed by atoms with Crippen LogP contribution in [-0.2, 0) is 9.47 Å². The van der Waals surface area contributed by atoms with Crippen LogP contribution in [0.25, 0.3) is 0 Å². The van der Waals surface area contributed by atoms with E-state index in [1.54, 1.807) is 0 Å². The van der Waals surface area contributed by atoms with Crippen LogP contribution in [0.1, 0.15) is 43.7 Å². The Morgan fingerprint density at radius 2 is 2.12 bits per heavy atom. The van der Waals surface area contributed by atoms with Crippen molar-refractivity contribution in [2.45, 2.75) is 39.5 Å². The summed E-state index contributed by atoms with van der Waals surface area (Å²) >= 11 is 0. The molecule has 1 heterocycles. The third-order valence-electron chi connectivity index (χ3n) is 4.65. The minimum atomic E-state index is 0.406. The minimum absolute atomic E-state index is 0.406. The van der Waals surface area contributed by atoms with E-state index in [4.69, 9.17) is 14.5 Å². The monoisotopic (exact) mass is 361 g/mol. The molecule has 5 heteroatoms. The molecule has 0 spiro atoms. The zero-order valence-electron chi connectivity index (χ0n) is 16.6. The first-order valence-corrected chi connectivity index (χ1v) is 9.93. The molecule has 1 saturated heterocycles. The van der Waals surface area contributed by atoms with Crippen molar-refractivity contribution in [3.63, 3.8) is 0 Å². The highest BCUT2D eigenvalue weighted by molar-refractivity contribution is 5.79. The number of benzene rings is 1. The summed E-state index contributed by atoms with van der Waals surface area (Å²) < 4.78 is 11.1. The lowest BCUT2D eigenvalue weighted by molar-refractivity contribution is 0.0888. The number of hydrogen-bond donors (Lipinski definition) is 2. The molecule has 0 amide bonds. The highest BCUT2D eigenvalue weighted by Crippen LogP contribution is 2.16. The van der Waals surface area contributed by atoms with Gasteiger partial charge in [-0.2, -0.15) is 0 Å². The summed E-state index contributed by atoms with van der Waals surface area (Å²) in [7, 11) is 0. The Balaban J connectivity index is 1.65. The number of ether oxygens (including phenoxy) is 2. The number of guanidine groups is 1. The van der Waals surface area contributed by atoms with E-state index in [1.807, 2.05) is 0 Å². The molecule has 2 rings (SSSR count). The number of aryl methyl sites for hydroxylation is 1. The van der Waals surface area contributed by atoms with E-state index in [2.05, 4.69) is 55.7 Å². The van der Waals surface area contributed by atoms with Crippen molar-refractivity contribution in [1.82, 2.24) is 10.6 Å². The molecule has 1 aliphatic rings. The van der Waals surface area contributed by atoms with E-state index < -0.39 is 0 Å². The first kappa shape index (κ1) is 20.7. The molecule has 5 nitrogen and oxygen atoms in total. The maximum Gasteiger partial charge on any atom is 0.191 e. The largest absolute Gasteiger partial charge is 0.381 e. The van der Waals surface area contributed by atoms with Gasteiger partial charge in [-0.25, -0.2) is 0 Å². The second-order valence-corrected chi connectivity index (χ2v) is 7.12. The van der Waals surface area contributed by atoms with E-state index in [9.17, 15) is 0 Å². The molecule has 0 saturated carbocycles. The normalized spacial score (nSPS) is 18.7. The summed E-state index contributed by atoms with van der Waals surface area (Å²) in [6.07, 6.45) is 2.11. The lowest BCUT2D eigenvalue weighted by Gasteiger charge is -2.14. The van der Waals surface area contributed by atoms with Crippen molar-refractivity contribution in [2.24, 2.45) is 10.9 Å². The predicted molar refractivity (Wildman–Crippen MR) is 108 cm³/mol. The van der Waals surface area contributed by atoms with E-state index in [1.165, 1.54) is 11.1 Å². The fraction of sp³-hybridized carbons (Fsp3) is 0.667. The zero-order valence-corrected chi connectivity index (χ0v) is 16.6. The summed E-state index contributed by atoms with van der Waals surface area (Å²) in [5, 5.41) is 6.72. The molecule has 0 bridgehead atoms. The quantitative estimate of drug-likeness (QED) is 0.382. The average Bonchev–Trinajstić information content (AvgIpc) is 3.16. The number of hydrogen-bond acceptors (Lipinski definition) is 3. The summed E-state index contributed by atoms with van der Waals surface area (Å²) in [6.45, 7) is 12.3. The molecular weight excluding hydrogens is 326 g/mol. The second kappa shape index (κ2) is 11.9. The number of rotatable bonds is 10. The lowest BCUT2D eigenvalue weighted by Crippen LogP contribution is -2.38. The Labute approximate surface area is 158 Å². The highest BCUT2D eigenvalue weighted by atomic mass is 16.5.